The molecule has 0 aliphatic heterocycles. The molecule has 2 rings (SSSR count). The van der Waals surface area contributed by atoms with Crippen molar-refractivity contribution in [1.29, 1.82) is 0 Å². The summed E-state index contributed by atoms with van der Waals surface area (Å²) in [7, 11) is 0. The van der Waals surface area contributed by atoms with E-state index in [-0.39, 0.29) is 4.83 Å². The third kappa shape index (κ3) is 2.09. The second kappa shape index (κ2) is 4.14. The Balaban J connectivity index is 2.49. The van der Waals surface area contributed by atoms with Gasteiger partial charge in [0.2, 0.25) is 0 Å². The van der Waals surface area contributed by atoms with Gasteiger partial charge in [0.1, 0.15) is 0 Å². The van der Waals surface area contributed by atoms with Crippen molar-refractivity contribution in [2.75, 3.05) is 0 Å². The first-order valence-corrected chi connectivity index (χ1v) is 5.72. The van der Waals surface area contributed by atoms with Crippen LogP contribution in [0.3, 0.4) is 0 Å². The van der Waals surface area contributed by atoms with Crippen molar-refractivity contribution in [2.24, 2.45) is 0 Å². The number of aromatic nitrogens is 3. The maximum absolute atomic E-state index is 4.44. The molecule has 0 amide bonds. The van der Waals surface area contributed by atoms with E-state index >= 15 is 0 Å². The third-order valence-electron chi connectivity index (χ3n) is 2.17. The van der Waals surface area contributed by atoms with E-state index in [2.05, 4.69) is 32.9 Å². The maximum Gasteiger partial charge on any atom is 0.153 e. The zero-order valence-electron chi connectivity index (χ0n) is 8.68. The standard InChI is InChI=1S/C11H12BrN3/c1-8-4-3-5-11(14-8)15-10(9(2)12)6-7-13-15/h3-7,9H,1-2H3. The predicted molar refractivity (Wildman–Crippen MR) is 63.4 cm³/mol. The van der Waals surface area contributed by atoms with Gasteiger partial charge in [-0.25, -0.2) is 9.67 Å². The van der Waals surface area contributed by atoms with Crippen molar-refractivity contribution in [1.82, 2.24) is 14.8 Å². The molecule has 0 saturated carbocycles. The molecule has 1 atom stereocenters. The van der Waals surface area contributed by atoms with Crippen molar-refractivity contribution < 1.29 is 0 Å². The van der Waals surface area contributed by atoms with E-state index in [0.717, 1.165) is 17.2 Å². The van der Waals surface area contributed by atoms with E-state index in [1.807, 2.05) is 35.9 Å². The van der Waals surface area contributed by atoms with Crippen LogP contribution in [0.2, 0.25) is 0 Å². The SMILES string of the molecule is Cc1cccc(-n2nccc2C(C)Br)n1. The first-order valence-electron chi connectivity index (χ1n) is 4.80. The predicted octanol–water partition coefficient (Wildman–Crippen LogP) is 3.03. The third-order valence-corrected chi connectivity index (χ3v) is 2.64. The van der Waals surface area contributed by atoms with Gasteiger partial charge in [0.05, 0.1) is 10.5 Å². The van der Waals surface area contributed by atoms with E-state index in [9.17, 15) is 0 Å². The fraction of sp³-hybridized carbons (Fsp3) is 0.273. The molecule has 2 heterocycles. The summed E-state index contributed by atoms with van der Waals surface area (Å²) in [4.78, 5) is 4.70. The van der Waals surface area contributed by atoms with Crippen LogP contribution in [0.5, 0.6) is 0 Å². The Morgan fingerprint density at radius 2 is 2.13 bits per heavy atom. The van der Waals surface area contributed by atoms with Gasteiger partial charge in [-0.2, -0.15) is 5.10 Å². The first-order chi connectivity index (χ1) is 7.18. The molecule has 0 aliphatic rings. The van der Waals surface area contributed by atoms with Gasteiger partial charge in [0.25, 0.3) is 0 Å². The molecule has 4 heteroatoms. The minimum atomic E-state index is 0.266. The molecule has 3 nitrogen and oxygen atoms in total. The van der Waals surface area contributed by atoms with Gasteiger partial charge in [0, 0.05) is 11.9 Å². The van der Waals surface area contributed by atoms with Gasteiger partial charge >= 0.3 is 0 Å². The van der Waals surface area contributed by atoms with Crippen molar-refractivity contribution in [3.05, 3.63) is 41.9 Å². The summed E-state index contributed by atoms with van der Waals surface area (Å²) < 4.78 is 1.85. The van der Waals surface area contributed by atoms with E-state index < -0.39 is 0 Å². The van der Waals surface area contributed by atoms with Crippen LogP contribution in [0.15, 0.2) is 30.5 Å². The largest absolute Gasteiger partial charge is 0.234 e. The summed E-state index contributed by atoms with van der Waals surface area (Å²) in [6.45, 7) is 4.05. The average Bonchev–Trinajstić information content (AvgIpc) is 2.65. The Kier molecular flexibility index (Phi) is 2.86. The lowest BCUT2D eigenvalue weighted by atomic mass is 10.3. The Morgan fingerprint density at radius 3 is 2.80 bits per heavy atom. The van der Waals surface area contributed by atoms with E-state index in [0.29, 0.717) is 0 Å². The summed E-state index contributed by atoms with van der Waals surface area (Å²) in [5.74, 6) is 0.862. The second-order valence-electron chi connectivity index (χ2n) is 3.42. The highest BCUT2D eigenvalue weighted by molar-refractivity contribution is 9.09. The van der Waals surface area contributed by atoms with E-state index in [4.69, 9.17) is 0 Å². The van der Waals surface area contributed by atoms with E-state index in [1.165, 1.54) is 0 Å². The van der Waals surface area contributed by atoms with Crippen LogP contribution in [0, 0.1) is 6.92 Å². The van der Waals surface area contributed by atoms with Gasteiger partial charge in [-0.1, -0.05) is 22.0 Å². The van der Waals surface area contributed by atoms with Crippen LogP contribution >= 0.6 is 15.9 Å². The Hall–Kier alpha value is -1.16. The summed E-state index contributed by atoms with van der Waals surface area (Å²) in [6.07, 6.45) is 1.79. The molecule has 0 aromatic carbocycles. The van der Waals surface area contributed by atoms with Crippen molar-refractivity contribution in [2.45, 2.75) is 18.7 Å². The fourth-order valence-corrected chi connectivity index (χ4v) is 1.80. The topological polar surface area (TPSA) is 30.7 Å². The molecule has 2 aromatic rings. The average molecular weight is 266 g/mol. The molecule has 0 aliphatic carbocycles. The highest BCUT2D eigenvalue weighted by Gasteiger charge is 2.10. The quantitative estimate of drug-likeness (QED) is 0.782. The summed E-state index contributed by atoms with van der Waals surface area (Å²) in [5.41, 5.74) is 2.10. The van der Waals surface area contributed by atoms with Crippen LogP contribution in [0.25, 0.3) is 5.82 Å². The maximum atomic E-state index is 4.44. The minimum Gasteiger partial charge on any atom is -0.234 e. The summed E-state index contributed by atoms with van der Waals surface area (Å²) in [5, 5.41) is 4.27. The number of nitrogens with zero attached hydrogens (tertiary/aromatic N) is 3. The Morgan fingerprint density at radius 1 is 1.33 bits per heavy atom. The lowest BCUT2D eigenvalue weighted by molar-refractivity contribution is 0.783. The lowest BCUT2D eigenvalue weighted by Gasteiger charge is -2.08. The summed E-state index contributed by atoms with van der Waals surface area (Å²) >= 11 is 3.54. The number of pyridine rings is 1. The highest BCUT2D eigenvalue weighted by atomic mass is 79.9. The summed E-state index contributed by atoms with van der Waals surface area (Å²) in [6, 6.07) is 7.91. The highest BCUT2D eigenvalue weighted by Crippen LogP contribution is 2.22. The molecular formula is C11H12BrN3. The van der Waals surface area contributed by atoms with Gasteiger partial charge in [-0.05, 0) is 32.0 Å². The van der Waals surface area contributed by atoms with Gasteiger partial charge < -0.3 is 0 Å². The zero-order valence-corrected chi connectivity index (χ0v) is 10.3. The Bertz CT molecular complexity index is 462. The molecule has 2 aromatic heterocycles. The molecule has 0 saturated heterocycles. The van der Waals surface area contributed by atoms with Crippen molar-refractivity contribution in [3.63, 3.8) is 0 Å². The van der Waals surface area contributed by atoms with Crippen LogP contribution < -0.4 is 0 Å². The molecule has 15 heavy (non-hydrogen) atoms. The van der Waals surface area contributed by atoms with Gasteiger partial charge in [-0.15, -0.1) is 0 Å². The number of rotatable bonds is 2. The smallest absolute Gasteiger partial charge is 0.153 e. The van der Waals surface area contributed by atoms with Gasteiger partial charge in [-0.3, -0.25) is 0 Å². The molecule has 1 unspecified atom stereocenters. The van der Waals surface area contributed by atoms with Crippen LogP contribution in [-0.4, -0.2) is 14.8 Å². The number of aryl methyl sites for hydroxylation is 1. The number of alkyl halides is 1. The zero-order chi connectivity index (χ0) is 10.8. The molecule has 0 spiro atoms. The van der Waals surface area contributed by atoms with Crippen LogP contribution in [-0.2, 0) is 0 Å². The molecule has 78 valence electrons. The number of hydrogen-bond donors (Lipinski definition) is 0. The van der Waals surface area contributed by atoms with Crippen LogP contribution in [0.1, 0.15) is 23.1 Å². The molecular weight excluding hydrogens is 254 g/mol. The molecule has 0 bridgehead atoms. The van der Waals surface area contributed by atoms with Crippen LogP contribution in [0.4, 0.5) is 0 Å². The molecule has 0 N–H and O–H groups in total. The molecule has 0 fully saturated rings. The Labute approximate surface area is 97.3 Å². The first kappa shape index (κ1) is 10.4. The normalized spacial score (nSPS) is 12.7. The monoisotopic (exact) mass is 265 g/mol. The fourth-order valence-electron chi connectivity index (χ4n) is 1.45. The molecule has 0 radical (unpaired) electrons. The minimum absolute atomic E-state index is 0.266. The van der Waals surface area contributed by atoms with Crippen molar-refractivity contribution >= 4 is 15.9 Å². The van der Waals surface area contributed by atoms with Gasteiger partial charge in [0.15, 0.2) is 5.82 Å². The van der Waals surface area contributed by atoms with E-state index in [1.54, 1.807) is 6.20 Å². The number of hydrogen-bond acceptors (Lipinski definition) is 2. The lowest BCUT2D eigenvalue weighted by Crippen LogP contribution is -2.04. The van der Waals surface area contributed by atoms with Crippen molar-refractivity contribution in [3.8, 4) is 5.82 Å². The number of halogens is 1. The second-order valence-corrected chi connectivity index (χ2v) is 4.79.